The van der Waals surface area contributed by atoms with E-state index in [9.17, 15) is 22.7 Å². The Morgan fingerprint density at radius 1 is 1.13 bits per heavy atom. The second-order valence-electron chi connectivity index (χ2n) is 6.40. The molecular weight excluding hydrogens is 411 g/mol. The van der Waals surface area contributed by atoms with Gasteiger partial charge in [-0.25, -0.2) is 17.5 Å². The molecule has 2 heterocycles. The third-order valence-corrected chi connectivity index (χ3v) is 6.38. The lowest BCUT2D eigenvalue weighted by atomic mass is 10.1. The van der Waals surface area contributed by atoms with Gasteiger partial charge in [-0.2, -0.15) is 0 Å². The molecule has 0 amide bonds. The number of nitrogens with zero attached hydrogens (tertiary/aromatic N) is 4. The van der Waals surface area contributed by atoms with Gasteiger partial charge in [-0.3, -0.25) is 9.10 Å². The van der Waals surface area contributed by atoms with Crippen LogP contribution in [0.15, 0.2) is 71.4 Å². The van der Waals surface area contributed by atoms with E-state index in [1.807, 2.05) is 0 Å². The molecule has 10 heteroatoms. The third-order valence-electron chi connectivity index (χ3n) is 4.57. The molecule has 1 N–H and O–H groups in total. The Morgan fingerprint density at radius 2 is 1.83 bits per heavy atom. The van der Waals surface area contributed by atoms with Crippen LogP contribution >= 0.6 is 0 Å². The van der Waals surface area contributed by atoms with Crippen molar-refractivity contribution in [3.05, 3.63) is 83.6 Å². The monoisotopic (exact) mass is 426 g/mol. The Morgan fingerprint density at radius 3 is 2.60 bits per heavy atom. The maximum absolute atomic E-state index is 13.9. The van der Waals surface area contributed by atoms with E-state index in [4.69, 9.17) is 0 Å². The van der Waals surface area contributed by atoms with Crippen LogP contribution in [0.25, 0.3) is 17.5 Å². The highest BCUT2D eigenvalue weighted by molar-refractivity contribution is 7.89. The van der Waals surface area contributed by atoms with Crippen LogP contribution < -0.4 is 0 Å². The molecule has 0 unspecified atom stereocenters. The predicted molar refractivity (Wildman–Crippen MR) is 106 cm³/mol. The first-order valence-electron chi connectivity index (χ1n) is 8.72. The van der Waals surface area contributed by atoms with Crippen LogP contribution in [0.2, 0.25) is 0 Å². The summed E-state index contributed by atoms with van der Waals surface area (Å²) in [4.78, 5) is 12.6. The zero-order valence-corrected chi connectivity index (χ0v) is 16.4. The molecule has 0 aliphatic carbocycles. The third kappa shape index (κ3) is 3.16. The van der Waals surface area contributed by atoms with Crippen LogP contribution in [0.5, 0.6) is 0 Å². The quantitative estimate of drug-likeness (QED) is 0.643. The number of allylic oxidation sites excluding steroid dienone is 1. The number of para-hydroxylation sites is 1. The molecule has 0 spiro atoms. The van der Waals surface area contributed by atoms with Crippen LogP contribution in [-0.2, 0) is 14.8 Å². The van der Waals surface area contributed by atoms with Crippen molar-refractivity contribution >= 4 is 27.6 Å². The number of benzene rings is 2. The van der Waals surface area contributed by atoms with Crippen LogP contribution in [-0.4, -0.2) is 45.7 Å². The Bertz CT molecular complexity index is 1330. The number of halogens is 1. The summed E-state index contributed by atoms with van der Waals surface area (Å²) in [5.74, 6) is -1.67. The van der Waals surface area contributed by atoms with Crippen molar-refractivity contribution in [2.45, 2.75) is 4.90 Å². The molecule has 1 aliphatic heterocycles. The van der Waals surface area contributed by atoms with Gasteiger partial charge in [0.2, 0.25) is 5.78 Å². The number of fused-ring (bicyclic) bond motifs is 1. The van der Waals surface area contributed by atoms with Gasteiger partial charge in [0.1, 0.15) is 22.9 Å². The molecule has 1 aromatic heterocycles. The van der Waals surface area contributed by atoms with Crippen molar-refractivity contribution in [2.75, 3.05) is 7.05 Å². The fourth-order valence-electron chi connectivity index (χ4n) is 3.05. The Kier molecular flexibility index (Phi) is 4.70. The first-order chi connectivity index (χ1) is 14.3. The number of hydrogen-bond donors (Lipinski definition) is 1. The highest BCUT2D eigenvalue weighted by Crippen LogP contribution is 2.34. The molecule has 152 valence electrons. The summed E-state index contributed by atoms with van der Waals surface area (Å²) in [6.45, 7) is 0. The topological polar surface area (TPSA) is 105 Å². The van der Waals surface area contributed by atoms with Gasteiger partial charge < -0.3 is 5.11 Å². The summed E-state index contributed by atoms with van der Waals surface area (Å²) in [7, 11) is -2.79. The van der Waals surface area contributed by atoms with Gasteiger partial charge in [-0.05, 0) is 36.4 Å². The van der Waals surface area contributed by atoms with Crippen molar-refractivity contribution in [2.24, 2.45) is 0 Å². The van der Waals surface area contributed by atoms with Crippen LogP contribution in [0.4, 0.5) is 4.39 Å². The molecular formula is C20H15FN4O4S. The van der Waals surface area contributed by atoms with Gasteiger partial charge in [-0.1, -0.05) is 29.5 Å². The normalized spacial score (nSPS) is 15.5. The molecule has 0 atom stereocenters. The second kappa shape index (κ2) is 7.23. The number of ketones is 1. The molecule has 0 fully saturated rings. The predicted octanol–water partition coefficient (Wildman–Crippen LogP) is 2.55. The number of carbonyl (C=O) groups excluding carboxylic acids is 1. The lowest BCUT2D eigenvalue weighted by molar-refractivity contribution is -0.112. The summed E-state index contributed by atoms with van der Waals surface area (Å²) in [5, 5.41) is 18.2. The van der Waals surface area contributed by atoms with Crippen molar-refractivity contribution in [3.63, 3.8) is 0 Å². The SMILES string of the molecule is CN1C(C(=O)/C=C/c2cn(-c3ccccc3F)nn2)=C(O)c2ccccc2S1(=O)=O. The molecule has 2 aromatic carbocycles. The number of aliphatic hydroxyl groups is 1. The van der Waals surface area contributed by atoms with E-state index in [1.54, 1.807) is 18.2 Å². The fraction of sp³-hybridized carbons (Fsp3) is 0.0500. The lowest BCUT2D eigenvalue weighted by Crippen LogP contribution is -2.34. The number of carbonyl (C=O) groups is 1. The molecule has 4 rings (SSSR count). The molecule has 0 saturated heterocycles. The van der Waals surface area contributed by atoms with Crippen LogP contribution in [0, 0.1) is 5.82 Å². The number of aliphatic hydroxyl groups excluding tert-OH is 1. The fourth-order valence-corrected chi connectivity index (χ4v) is 4.46. The summed E-state index contributed by atoms with van der Waals surface area (Å²) in [6, 6.07) is 11.9. The molecule has 30 heavy (non-hydrogen) atoms. The molecule has 8 nitrogen and oxygen atoms in total. The van der Waals surface area contributed by atoms with Gasteiger partial charge >= 0.3 is 0 Å². The molecule has 0 bridgehead atoms. The first kappa shape index (κ1) is 19.5. The van der Waals surface area contributed by atoms with E-state index in [1.165, 1.54) is 54.3 Å². The highest BCUT2D eigenvalue weighted by atomic mass is 32.2. The van der Waals surface area contributed by atoms with E-state index in [-0.39, 0.29) is 27.5 Å². The van der Waals surface area contributed by atoms with Gasteiger partial charge in [-0.15, -0.1) is 5.10 Å². The van der Waals surface area contributed by atoms with Crippen LogP contribution in [0.1, 0.15) is 11.3 Å². The largest absolute Gasteiger partial charge is 0.505 e. The second-order valence-corrected chi connectivity index (χ2v) is 8.34. The first-order valence-corrected chi connectivity index (χ1v) is 10.2. The number of sulfonamides is 1. The number of likely N-dealkylation sites (N-methyl/N-ethyl adjacent to an activating group) is 1. The smallest absolute Gasteiger partial charge is 0.265 e. The Hall–Kier alpha value is -3.79. The summed E-state index contributed by atoms with van der Waals surface area (Å²) < 4.78 is 41.2. The number of rotatable bonds is 4. The van der Waals surface area contributed by atoms with Gasteiger partial charge in [0.15, 0.2) is 5.76 Å². The van der Waals surface area contributed by atoms with E-state index < -0.39 is 27.4 Å². The molecule has 0 saturated carbocycles. The molecule has 3 aromatic rings. The lowest BCUT2D eigenvalue weighted by Gasteiger charge is -2.27. The summed E-state index contributed by atoms with van der Waals surface area (Å²) in [5.41, 5.74) is 0.101. The van der Waals surface area contributed by atoms with Crippen LogP contribution in [0.3, 0.4) is 0 Å². The summed E-state index contributed by atoms with van der Waals surface area (Å²) >= 11 is 0. The minimum atomic E-state index is -3.98. The van der Waals surface area contributed by atoms with Gasteiger partial charge in [0, 0.05) is 12.6 Å². The van der Waals surface area contributed by atoms with Gasteiger partial charge in [0.25, 0.3) is 10.0 Å². The minimum absolute atomic E-state index is 0.0536. The molecule has 0 radical (unpaired) electrons. The maximum Gasteiger partial charge on any atom is 0.265 e. The zero-order valence-electron chi connectivity index (χ0n) is 15.6. The zero-order chi connectivity index (χ0) is 21.5. The van der Waals surface area contributed by atoms with Crippen molar-refractivity contribution in [1.82, 2.24) is 19.3 Å². The Balaban J connectivity index is 1.66. The van der Waals surface area contributed by atoms with Crippen molar-refractivity contribution in [3.8, 4) is 5.69 Å². The average Bonchev–Trinajstić information content (AvgIpc) is 3.20. The van der Waals surface area contributed by atoms with Gasteiger partial charge in [0.05, 0.1) is 11.1 Å². The van der Waals surface area contributed by atoms with E-state index in [0.29, 0.717) is 0 Å². The van der Waals surface area contributed by atoms with Crippen molar-refractivity contribution in [1.29, 1.82) is 0 Å². The maximum atomic E-state index is 13.9. The molecule has 1 aliphatic rings. The Labute approximate surface area is 171 Å². The van der Waals surface area contributed by atoms with E-state index in [0.717, 1.165) is 10.4 Å². The number of aromatic nitrogens is 3. The highest BCUT2D eigenvalue weighted by Gasteiger charge is 2.36. The van der Waals surface area contributed by atoms with Crippen molar-refractivity contribution < 1.29 is 22.7 Å². The minimum Gasteiger partial charge on any atom is -0.505 e. The summed E-state index contributed by atoms with van der Waals surface area (Å²) in [6.07, 6.45) is 3.78. The average molecular weight is 426 g/mol. The number of hydrogen-bond acceptors (Lipinski definition) is 6. The standard InChI is InChI=1S/C20H15FN4O4S/c1-24-19(20(27)14-6-2-5-9-18(14)30(24,28)29)17(26)11-10-13-12-25(23-22-13)16-8-4-3-7-15(16)21/h2-12,27H,1H3/b11-10+. The van der Waals surface area contributed by atoms with E-state index >= 15 is 0 Å². The van der Waals surface area contributed by atoms with E-state index in [2.05, 4.69) is 10.3 Å².